The Morgan fingerprint density at radius 3 is 1.31 bits per heavy atom. The molecule has 0 aromatic carbocycles. The lowest BCUT2D eigenvalue weighted by molar-refractivity contribution is -0.122. The van der Waals surface area contributed by atoms with Crippen molar-refractivity contribution in [1.29, 1.82) is 0 Å². The summed E-state index contributed by atoms with van der Waals surface area (Å²) in [5.41, 5.74) is 0. The van der Waals surface area contributed by atoms with Crippen LogP contribution in [0.1, 0.15) is 61.8 Å². The summed E-state index contributed by atoms with van der Waals surface area (Å²) in [7, 11) is 0. The Hall–Kier alpha value is -0.330. The Balaban J connectivity index is -0.000000218. The van der Waals surface area contributed by atoms with Crippen molar-refractivity contribution in [3.8, 4) is 0 Å². The highest BCUT2D eigenvalue weighted by molar-refractivity contribution is 5.80. The van der Waals surface area contributed by atoms with Crippen LogP contribution in [0.4, 0.5) is 0 Å². The Morgan fingerprint density at radius 2 is 1.23 bits per heavy atom. The summed E-state index contributed by atoms with van der Waals surface area (Å²) in [4.78, 5) is 11.0. The Labute approximate surface area is 84.9 Å². The third-order valence-corrected chi connectivity index (χ3v) is 1.25. The molecule has 0 saturated carbocycles. The summed E-state index contributed by atoms with van der Waals surface area (Å²) in [6.45, 7) is 16.0. The summed E-state index contributed by atoms with van der Waals surface area (Å²) in [5.74, 6) is 1.11. The van der Waals surface area contributed by atoms with Crippen molar-refractivity contribution in [3.05, 3.63) is 0 Å². The van der Waals surface area contributed by atoms with Gasteiger partial charge >= 0.3 is 0 Å². The monoisotopic (exact) mass is 188 g/mol. The molecule has 0 rings (SSSR count). The van der Waals surface area contributed by atoms with Gasteiger partial charge in [0, 0.05) is 12.3 Å². The molecule has 13 heavy (non-hydrogen) atoms. The van der Waals surface area contributed by atoms with E-state index in [9.17, 15) is 4.79 Å². The number of ketones is 1. The first-order valence-corrected chi connectivity index (χ1v) is 5.56. The van der Waals surface area contributed by atoms with Crippen LogP contribution in [0.25, 0.3) is 0 Å². The molecule has 0 amide bonds. The molecular formula is C12H28O. The second kappa shape index (κ2) is 14.2. The van der Waals surface area contributed by atoms with Crippen LogP contribution in [0.2, 0.25) is 0 Å². The van der Waals surface area contributed by atoms with Gasteiger partial charge in [-0.2, -0.15) is 0 Å². The Bertz CT molecular complexity index is 93.3. The molecule has 0 N–H and O–H groups in total. The summed E-state index contributed by atoms with van der Waals surface area (Å²) >= 11 is 0. The van der Waals surface area contributed by atoms with E-state index in [4.69, 9.17) is 0 Å². The molecule has 0 saturated heterocycles. The topological polar surface area (TPSA) is 17.1 Å². The van der Waals surface area contributed by atoms with E-state index in [2.05, 4.69) is 13.8 Å². The van der Waals surface area contributed by atoms with Crippen LogP contribution < -0.4 is 0 Å². The van der Waals surface area contributed by atoms with Gasteiger partial charge in [0.2, 0.25) is 0 Å². The number of hydrogen-bond acceptors (Lipinski definition) is 1. The van der Waals surface area contributed by atoms with E-state index in [1.165, 1.54) is 0 Å². The van der Waals surface area contributed by atoms with Crippen molar-refractivity contribution in [2.24, 2.45) is 11.8 Å². The quantitative estimate of drug-likeness (QED) is 0.645. The maximum atomic E-state index is 11.0. The van der Waals surface area contributed by atoms with Gasteiger partial charge in [0.25, 0.3) is 0 Å². The van der Waals surface area contributed by atoms with Gasteiger partial charge in [-0.05, 0) is 5.92 Å². The van der Waals surface area contributed by atoms with Crippen molar-refractivity contribution in [2.75, 3.05) is 0 Å². The minimum atomic E-state index is 0.215. The molecule has 0 heterocycles. The van der Waals surface area contributed by atoms with Crippen molar-refractivity contribution in [1.82, 2.24) is 0 Å². The van der Waals surface area contributed by atoms with Crippen LogP contribution >= 0.6 is 0 Å². The molecule has 0 bridgehead atoms. The number of carbonyl (C=O) groups is 1. The van der Waals surface area contributed by atoms with Crippen molar-refractivity contribution in [2.45, 2.75) is 61.8 Å². The normalized spacial score (nSPS) is 8.46. The lowest BCUT2D eigenvalue weighted by Crippen LogP contribution is -2.09. The number of rotatable bonds is 3. The molecule has 0 aromatic rings. The number of Topliss-reactive ketones (excluding diaryl/α,β-unsaturated/α-hetero) is 1. The fraction of sp³-hybridized carbons (Fsp3) is 0.917. The second-order valence-electron chi connectivity index (χ2n) is 3.22. The fourth-order valence-corrected chi connectivity index (χ4v) is 0.638. The largest absolute Gasteiger partial charge is 0.299 e. The smallest absolute Gasteiger partial charge is 0.135 e. The zero-order valence-electron chi connectivity index (χ0n) is 10.8. The fourth-order valence-electron chi connectivity index (χ4n) is 0.638. The van der Waals surface area contributed by atoms with Crippen LogP contribution in [0, 0.1) is 11.8 Å². The standard InChI is InChI=1S/C8H16O.2C2H6/c1-6(2)5-8(9)7(3)4;2*1-2/h6-7H,5H2,1-4H3;2*1-2H3. The molecule has 0 unspecified atom stereocenters. The third kappa shape index (κ3) is 18.5. The lowest BCUT2D eigenvalue weighted by Gasteiger charge is -2.05. The predicted molar refractivity (Wildman–Crippen MR) is 62.0 cm³/mol. The van der Waals surface area contributed by atoms with Gasteiger partial charge in [-0.25, -0.2) is 0 Å². The molecule has 0 aromatic heterocycles. The molecule has 82 valence electrons. The first-order chi connectivity index (χ1) is 6.04. The average Bonchev–Trinajstić information content (AvgIpc) is 2.10. The van der Waals surface area contributed by atoms with E-state index in [0.29, 0.717) is 11.7 Å². The van der Waals surface area contributed by atoms with Gasteiger partial charge < -0.3 is 0 Å². The Morgan fingerprint density at radius 1 is 0.923 bits per heavy atom. The molecule has 0 radical (unpaired) electrons. The molecular weight excluding hydrogens is 160 g/mol. The summed E-state index contributed by atoms with van der Waals surface area (Å²) in [5, 5.41) is 0. The number of carbonyl (C=O) groups excluding carboxylic acids is 1. The SMILES string of the molecule is CC.CC.CC(C)CC(=O)C(C)C. The van der Waals surface area contributed by atoms with Crippen LogP contribution in [0.5, 0.6) is 0 Å². The highest BCUT2D eigenvalue weighted by Crippen LogP contribution is 2.06. The van der Waals surface area contributed by atoms with Crippen molar-refractivity contribution < 1.29 is 4.79 Å². The van der Waals surface area contributed by atoms with Gasteiger partial charge in [-0.3, -0.25) is 4.79 Å². The van der Waals surface area contributed by atoms with Gasteiger partial charge in [0.15, 0.2) is 0 Å². The van der Waals surface area contributed by atoms with E-state index in [-0.39, 0.29) is 5.92 Å². The number of hydrogen-bond donors (Lipinski definition) is 0. The first kappa shape index (κ1) is 18.5. The zero-order chi connectivity index (χ0) is 11.4. The van der Waals surface area contributed by atoms with Gasteiger partial charge in [0.1, 0.15) is 5.78 Å². The molecule has 0 aliphatic rings. The Kier molecular flexibility index (Phi) is 20.2. The van der Waals surface area contributed by atoms with Crippen LogP contribution in [-0.2, 0) is 4.79 Å². The van der Waals surface area contributed by atoms with E-state index in [1.807, 2.05) is 41.5 Å². The lowest BCUT2D eigenvalue weighted by atomic mass is 9.99. The van der Waals surface area contributed by atoms with E-state index in [0.717, 1.165) is 6.42 Å². The van der Waals surface area contributed by atoms with E-state index in [1.54, 1.807) is 0 Å². The van der Waals surface area contributed by atoms with Gasteiger partial charge in [0.05, 0.1) is 0 Å². The third-order valence-electron chi connectivity index (χ3n) is 1.25. The minimum absolute atomic E-state index is 0.215. The molecule has 0 atom stereocenters. The van der Waals surface area contributed by atoms with Crippen molar-refractivity contribution >= 4 is 5.78 Å². The van der Waals surface area contributed by atoms with E-state index >= 15 is 0 Å². The van der Waals surface area contributed by atoms with Crippen molar-refractivity contribution in [3.63, 3.8) is 0 Å². The molecule has 1 nitrogen and oxygen atoms in total. The van der Waals surface area contributed by atoms with Crippen LogP contribution in [0.15, 0.2) is 0 Å². The zero-order valence-corrected chi connectivity index (χ0v) is 10.8. The summed E-state index contributed by atoms with van der Waals surface area (Å²) in [6, 6.07) is 0. The van der Waals surface area contributed by atoms with Crippen LogP contribution in [0.3, 0.4) is 0 Å². The van der Waals surface area contributed by atoms with E-state index < -0.39 is 0 Å². The average molecular weight is 188 g/mol. The summed E-state index contributed by atoms with van der Waals surface area (Å²) < 4.78 is 0. The predicted octanol–water partition coefficient (Wildman–Crippen LogP) is 4.31. The summed E-state index contributed by atoms with van der Waals surface area (Å²) in [6.07, 6.45) is 0.734. The highest BCUT2D eigenvalue weighted by Gasteiger charge is 2.07. The molecule has 0 fully saturated rings. The van der Waals surface area contributed by atoms with Gasteiger partial charge in [-0.1, -0.05) is 55.4 Å². The first-order valence-electron chi connectivity index (χ1n) is 5.56. The van der Waals surface area contributed by atoms with Gasteiger partial charge in [-0.15, -0.1) is 0 Å². The highest BCUT2D eigenvalue weighted by atomic mass is 16.1. The molecule has 0 aliphatic carbocycles. The maximum Gasteiger partial charge on any atom is 0.135 e. The minimum Gasteiger partial charge on any atom is -0.299 e. The molecule has 0 aliphatic heterocycles. The molecule has 0 spiro atoms. The maximum absolute atomic E-state index is 11.0. The molecule has 1 heteroatoms. The van der Waals surface area contributed by atoms with Crippen LogP contribution in [-0.4, -0.2) is 5.78 Å². The second-order valence-corrected chi connectivity index (χ2v) is 3.22.